The van der Waals surface area contributed by atoms with Crippen LogP contribution in [0, 0.1) is 22.7 Å². The maximum atomic E-state index is 7.01. The summed E-state index contributed by atoms with van der Waals surface area (Å²) in [5, 5.41) is 0. The maximum Gasteiger partial charge on any atom is 0.253 e. The zero-order valence-electron chi connectivity index (χ0n) is 21.4. The Morgan fingerprint density at radius 2 is 0.897 bits per heavy atom. The van der Waals surface area contributed by atoms with Gasteiger partial charge < -0.3 is 14.1 Å². The van der Waals surface area contributed by atoms with Gasteiger partial charge in [0.2, 0.25) is 0 Å². The highest BCUT2D eigenvalue weighted by Gasteiger charge is 2.43. The van der Waals surface area contributed by atoms with Crippen molar-refractivity contribution in [2.24, 2.45) is 22.7 Å². The van der Waals surface area contributed by atoms with Crippen molar-refractivity contribution in [3.05, 3.63) is 0 Å². The van der Waals surface area contributed by atoms with Gasteiger partial charge >= 0.3 is 0 Å². The second-order valence-corrected chi connectivity index (χ2v) is 20.6. The number of nitrogens with one attached hydrogen (secondary N) is 2. The molecule has 0 aromatic rings. The molecule has 29 heavy (non-hydrogen) atoms. The Balaban J connectivity index is 2.03. The molecule has 0 amide bonds. The molecule has 0 radical (unpaired) electrons. The van der Waals surface area contributed by atoms with Crippen molar-refractivity contribution in [1.29, 1.82) is 0 Å². The Hall–Kier alpha value is 0.314. The summed E-state index contributed by atoms with van der Waals surface area (Å²) in [6.45, 7) is 24.1. The van der Waals surface area contributed by atoms with Crippen molar-refractivity contribution in [1.82, 2.24) is 9.96 Å². The fraction of sp³-hybridized carbons (Fsp3) is 1.00. The van der Waals surface area contributed by atoms with Crippen LogP contribution in [0.25, 0.3) is 0 Å². The Morgan fingerprint density at radius 3 is 1.21 bits per heavy atom. The predicted molar refractivity (Wildman–Crippen MR) is 133 cm³/mol. The number of hydrogen-bond donors (Lipinski definition) is 2. The van der Waals surface area contributed by atoms with E-state index in [-0.39, 0.29) is 0 Å². The van der Waals surface area contributed by atoms with E-state index in [2.05, 4.69) is 77.7 Å². The molecule has 2 aliphatic rings. The quantitative estimate of drug-likeness (QED) is 0.446. The maximum absolute atomic E-state index is 7.01. The third-order valence-corrected chi connectivity index (χ3v) is 13.5. The van der Waals surface area contributed by atoms with Crippen molar-refractivity contribution >= 4 is 17.0 Å². The lowest BCUT2D eigenvalue weighted by molar-refractivity contribution is 0.137. The van der Waals surface area contributed by atoms with Crippen molar-refractivity contribution in [3.8, 4) is 0 Å². The molecular formula is C24H52N2OSi2. The minimum atomic E-state index is -1.95. The molecule has 0 aliphatic heterocycles. The van der Waals surface area contributed by atoms with Gasteiger partial charge in [-0.25, -0.2) is 0 Å². The fourth-order valence-electron chi connectivity index (χ4n) is 6.27. The van der Waals surface area contributed by atoms with Gasteiger partial charge in [0.15, 0.2) is 0 Å². The van der Waals surface area contributed by atoms with Gasteiger partial charge in [0.1, 0.15) is 0 Å². The third-order valence-electron chi connectivity index (χ3n) is 7.33. The highest BCUT2D eigenvalue weighted by Crippen LogP contribution is 2.40. The normalized spacial score (nSPS) is 30.4. The monoisotopic (exact) mass is 440 g/mol. The molecule has 172 valence electrons. The van der Waals surface area contributed by atoms with Gasteiger partial charge in [0, 0.05) is 12.1 Å². The average molecular weight is 441 g/mol. The second-order valence-electron chi connectivity index (χ2n) is 13.1. The molecule has 5 heteroatoms. The second kappa shape index (κ2) is 9.44. The van der Waals surface area contributed by atoms with Crippen LogP contribution in [-0.2, 0) is 4.12 Å². The van der Waals surface area contributed by atoms with Crippen LogP contribution in [0.1, 0.15) is 92.9 Å². The van der Waals surface area contributed by atoms with Crippen LogP contribution in [-0.4, -0.2) is 29.0 Å². The Kier molecular flexibility index (Phi) is 8.32. The van der Waals surface area contributed by atoms with Crippen LogP contribution < -0.4 is 9.96 Å². The van der Waals surface area contributed by atoms with E-state index in [1.54, 1.807) is 0 Å². The van der Waals surface area contributed by atoms with Gasteiger partial charge in [0.25, 0.3) is 17.0 Å². The first-order valence-corrected chi connectivity index (χ1v) is 18.2. The van der Waals surface area contributed by atoms with Gasteiger partial charge in [0.05, 0.1) is 0 Å². The highest BCUT2D eigenvalue weighted by atomic mass is 28.4. The molecular weight excluding hydrogens is 388 g/mol. The summed E-state index contributed by atoms with van der Waals surface area (Å²) >= 11 is 0. The molecule has 3 nitrogen and oxygen atoms in total. The molecule has 0 aromatic carbocycles. The van der Waals surface area contributed by atoms with E-state index in [0.29, 0.717) is 22.9 Å². The van der Waals surface area contributed by atoms with Crippen molar-refractivity contribution in [3.63, 3.8) is 0 Å². The first kappa shape index (κ1) is 25.6. The van der Waals surface area contributed by atoms with E-state index < -0.39 is 17.0 Å². The summed E-state index contributed by atoms with van der Waals surface area (Å²) in [5.74, 6) is 1.51. The molecule has 0 aromatic heterocycles. The lowest BCUT2D eigenvalue weighted by Gasteiger charge is -2.47. The van der Waals surface area contributed by atoms with Gasteiger partial charge in [-0.2, -0.15) is 0 Å². The first-order valence-electron chi connectivity index (χ1n) is 12.4. The van der Waals surface area contributed by atoms with Crippen LogP contribution in [0.15, 0.2) is 0 Å². The van der Waals surface area contributed by atoms with Crippen LogP contribution in [0.4, 0.5) is 0 Å². The summed E-state index contributed by atoms with van der Waals surface area (Å²) in [6.07, 6.45) is 10.9. The van der Waals surface area contributed by atoms with Crippen LogP contribution >= 0.6 is 0 Å². The summed E-state index contributed by atoms with van der Waals surface area (Å²) in [5.41, 5.74) is 0.742. The molecule has 0 saturated heterocycles. The largest absolute Gasteiger partial charge is 0.433 e. The van der Waals surface area contributed by atoms with Gasteiger partial charge in [-0.3, -0.25) is 0 Å². The standard InChI is InChI=1S/C24H52N2OSi2/c1-23(2,3)19-15-11-13-17-21(19)25-28(7,8)27-29(9,10)26-22-18-14-12-16-20(22)24(4,5)6/h19-22,25-26H,11-18H2,1-10H3. The van der Waals surface area contributed by atoms with E-state index in [0.717, 1.165) is 11.8 Å². The van der Waals surface area contributed by atoms with E-state index >= 15 is 0 Å². The molecule has 2 fully saturated rings. The summed E-state index contributed by atoms with van der Waals surface area (Å²) in [7, 11) is -3.90. The SMILES string of the molecule is CC(C)(C)C1CCCCC1N[Si](C)(C)O[Si](C)(C)NC1CCCCC1C(C)(C)C. The predicted octanol–water partition coefficient (Wildman–Crippen LogP) is 6.80. The summed E-state index contributed by atoms with van der Waals surface area (Å²) < 4.78 is 7.01. The smallest absolute Gasteiger partial charge is 0.253 e. The van der Waals surface area contributed by atoms with E-state index in [1.807, 2.05) is 0 Å². The molecule has 2 rings (SSSR count). The minimum absolute atomic E-state index is 0.371. The molecule has 2 saturated carbocycles. The Morgan fingerprint density at radius 1 is 0.586 bits per heavy atom. The van der Waals surface area contributed by atoms with Crippen LogP contribution in [0.3, 0.4) is 0 Å². The Labute approximate surface area is 185 Å². The third kappa shape index (κ3) is 7.74. The lowest BCUT2D eigenvalue weighted by Crippen LogP contribution is -2.66. The topological polar surface area (TPSA) is 33.3 Å². The zero-order chi connectivity index (χ0) is 22.1. The summed E-state index contributed by atoms with van der Waals surface area (Å²) in [6, 6.07) is 1.24. The zero-order valence-corrected chi connectivity index (χ0v) is 23.4. The molecule has 0 spiro atoms. The van der Waals surface area contributed by atoms with Crippen molar-refractivity contribution < 1.29 is 4.12 Å². The van der Waals surface area contributed by atoms with Gasteiger partial charge in [-0.15, -0.1) is 0 Å². The van der Waals surface area contributed by atoms with E-state index in [9.17, 15) is 0 Å². The highest BCUT2D eigenvalue weighted by molar-refractivity contribution is 6.82. The average Bonchev–Trinajstić information content (AvgIpc) is 2.51. The molecule has 2 aliphatic carbocycles. The Bertz CT molecular complexity index is 476. The molecule has 4 atom stereocenters. The first-order chi connectivity index (χ1) is 13.1. The molecule has 2 N–H and O–H groups in total. The minimum Gasteiger partial charge on any atom is -0.433 e. The van der Waals surface area contributed by atoms with Crippen molar-refractivity contribution in [2.45, 2.75) is 131 Å². The van der Waals surface area contributed by atoms with Crippen LogP contribution in [0.5, 0.6) is 0 Å². The molecule has 4 unspecified atom stereocenters. The summed E-state index contributed by atoms with van der Waals surface area (Å²) in [4.78, 5) is 8.20. The fourth-order valence-corrected chi connectivity index (χ4v) is 14.3. The van der Waals surface area contributed by atoms with E-state index in [4.69, 9.17) is 4.12 Å². The van der Waals surface area contributed by atoms with Gasteiger partial charge in [-0.1, -0.05) is 67.2 Å². The van der Waals surface area contributed by atoms with E-state index in [1.165, 1.54) is 51.4 Å². The number of hydrogen-bond acceptors (Lipinski definition) is 3. The molecule has 0 bridgehead atoms. The number of rotatable bonds is 6. The van der Waals surface area contributed by atoms with Crippen molar-refractivity contribution in [2.75, 3.05) is 0 Å². The van der Waals surface area contributed by atoms with Crippen LogP contribution in [0.2, 0.25) is 26.2 Å². The van der Waals surface area contributed by atoms with Gasteiger partial charge in [-0.05, 0) is 74.5 Å². The molecule has 0 heterocycles. The lowest BCUT2D eigenvalue weighted by atomic mass is 9.70.